The van der Waals surface area contributed by atoms with Crippen molar-refractivity contribution in [3.8, 4) is 0 Å². The molecule has 2 aliphatic rings. The second-order valence-corrected chi connectivity index (χ2v) is 8.63. The molecule has 112 valence electrons. The molecule has 4 nitrogen and oxygen atoms in total. The maximum atomic E-state index is 11.6. The normalized spacial score (nSPS) is 25.8. The van der Waals surface area contributed by atoms with Gasteiger partial charge in [0.1, 0.15) is 9.84 Å². The topological polar surface area (TPSA) is 40.6 Å². The van der Waals surface area contributed by atoms with Crippen LogP contribution in [0, 0.1) is 5.41 Å². The smallest absolute Gasteiger partial charge is 0.148 e. The fraction of sp³-hybridized carbons (Fsp3) is 1.00. The molecule has 0 N–H and O–H groups in total. The summed E-state index contributed by atoms with van der Waals surface area (Å²) in [5.74, 6) is 0.383. The molecule has 0 radical (unpaired) electrons. The summed E-state index contributed by atoms with van der Waals surface area (Å²) in [5.41, 5.74) is 0.0645. The molecule has 1 saturated carbocycles. The van der Waals surface area contributed by atoms with Crippen molar-refractivity contribution in [2.24, 2.45) is 5.41 Å². The van der Waals surface area contributed by atoms with E-state index in [1.807, 2.05) is 0 Å². The Kier molecular flexibility index (Phi) is 4.90. The molecule has 1 heterocycles. The molecular weight excluding hydrogens is 260 g/mol. The number of hydrogen-bond acceptors (Lipinski definition) is 4. The molecule has 5 heteroatoms. The van der Waals surface area contributed by atoms with Gasteiger partial charge in [0.25, 0.3) is 0 Å². The lowest BCUT2D eigenvalue weighted by Gasteiger charge is -2.44. The summed E-state index contributed by atoms with van der Waals surface area (Å²) in [7, 11) is -2.86. The highest BCUT2D eigenvalue weighted by atomic mass is 32.2. The van der Waals surface area contributed by atoms with E-state index in [1.54, 1.807) is 0 Å². The maximum Gasteiger partial charge on any atom is 0.148 e. The molecule has 0 aromatic rings. The number of hydrogen-bond donors (Lipinski definition) is 0. The second-order valence-electron chi connectivity index (χ2n) is 6.49. The zero-order valence-corrected chi connectivity index (χ0v) is 13.2. The van der Waals surface area contributed by atoms with Gasteiger partial charge in [-0.25, -0.2) is 8.42 Å². The standard InChI is InChI=1S/C14H28N2O2S/c1-3-15-8-5-9-16(11-10-15)12-14(6-4-7-14)13-19(2,17)18/h3-13H2,1-2H3. The molecule has 0 spiro atoms. The summed E-state index contributed by atoms with van der Waals surface area (Å²) in [6.45, 7) is 8.87. The third-order valence-electron chi connectivity index (χ3n) is 4.67. The van der Waals surface area contributed by atoms with Crippen molar-refractivity contribution in [3.05, 3.63) is 0 Å². The third-order valence-corrected chi connectivity index (χ3v) is 5.81. The van der Waals surface area contributed by atoms with Crippen molar-refractivity contribution in [3.63, 3.8) is 0 Å². The highest BCUT2D eigenvalue weighted by Crippen LogP contribution is 2.42. The molecular formula is C14H28N2O2S. The summed E-state index contributed by atoms with van der Waals surface area (Å²) >= 11 is 0. The lowest BCUT2D eigenvalue weighted by atomic mass is 9.70. The zero-order valence-electron chi connectivity index (χ0n) is 12.4. The van der Waals surface area contributed by atoms with Crippen LogP contribution in [0.3, 0.4) is 0 Å². The minimum Gasteiger partial charge on any atom is -0.302 e. The molecule has 0 aromatic heterocycles. The highest BCUT2D eigenvalue weighted by Gasteiger charge is 2.41. The Morgan fingerprint density at radius 2 is 1.63 bits per heavy atom. The third kappa shape index (κ3) is 4.43. The molecule has 1 aliphatic heterocycles. The SMILES string of the molecule is CCN1CCCN(CC2(CS(C)(=O)=O)CCC2)CC1. The fourth-order valence-electron chi connectivity index (χ4n) is 3.55. The van der Waals surface area contributed by atoms with E-state index < -0.39 is 9.84 Å². The molecule has 0 atom stereocenters. The minimum atomic E-state index is -2.86. The molecule has 0 aromatic carbocycles. The first-order valence-electron chi connectivity index (χ1n) is 7.55. The average molecular weight is 288 g/mol. The summed E-state index contributed by atoms with van der Waals surface area (Å²) in [6, 6.07) is 0. The van der Waals surface area contributed by atoms with Crippen LogP contribution in [0.2, 0.25) is 0 Å². The minimum absolute atomic E-state index is 0.0645. The van der Waals surface area contributed by atoms with Gasteiger partial charge in [-0.15, -0.1) is 0 Å². The molecule has 0 unspecified atom stereocenters. The largest absolute Gasteiger partial charge is 0.302 e. The van der Waals surface area contributed by atoms with Crippen molar-refractivity contribution < 1.29 is 8.42 Å². The van der Waals surface area contributed by atoms with Crippen LogP contribution in [-0.4, -0.2) is 69.5 Å². The summed E-state index contributed by atoms with van der Waals surface area (Å²) < 4.78 is 23.2. The summed E-state index contributed by atoms with van der Waals surface area (Å²) in [4.78, 5) is 4.99. The van der Waals surface area contributed by atoms with Gasteiger partial charge < -0.3 is 9.80 Å². The van der Waals surface area contributed by atoms with E-state index >= 15 is 0 Å². The van der Waals surface area contributed by atoms with Crippen molar-refractivity contribution in [1.82, 2.24) is 9.80 Å². The van der Waals surface area contributed by atoms with Crippen molar-refractivity contribution in [2.75, 3.05) is 51.3 Å². The fourth-order valence-corrected chi connectivity index (χ4v) is 5.05. The van der Waals surface area contributed by atoms with E-state index in [-0.39, 0.29) is 5.41 Å². The Hall–Kier alpha value is -0.130. The molecule has 2 fully saturated rings. The molecule has 0 bridgehead atoms. The average Bonchev–Trinajstić information content (AvgIpc) is 2.49. The highest BCUT2D eigenvalue weighted by molar-refractivity contribution is 7.90. The zero-order chi connectivity index (χ0) is 13.9. The van der Waals surface area contributed by atoms with Gasteiger partial charge in [-0.05, 0) is 44.3 Å². The van der Waals surface area contributed by atoms with Gasteiger partial charge >= 0.3 is 0 Å². The predicted octanol–water partition coefficient (Wildman–Crippen LogP) is 1.23. The Morgan fingerprint density at radius 1 is 1.00 bits per heavy atom. The molecule has 2 rings (SSSR count). The monoisotopic (exact) mass is 288 g/mol. The Morgan fingerprint density at radius 3 is 2.16 bits per heavy atom. The number of nitrogens with zero attached hydrogens (tertiary/aromatic N) is 2. The van der Waals surface area contributed by atoms with Gasteiger partial charge in [0.15, 0.2) is 0 Å². The van der Waals surface area contributed by atoms with E-state index in [1.165, 1.54) is 25.6 Å². The summed E-state index contributed by atoms with van der Waals surface area (Å²) in [5, 5.41) is 0. The van der Waals surface area contributed by atoms with Crippen molar-refractivity contribution in [1.29, 1.82) is 0 Å². The predicted molar refractivity (Wildman–Crippen MR) is 79.2 cm³/mol. The lowest BCUT2D eigenvalue weighted by Crippen LogP contribution is -2.47. The van der Waals surface area contributed by atoms with Crippen LogP contribution in [0.25, 0.3) is 0 Å². The molecule has 1 saturated heterocycles. The number of sulfone groups is 1. The van der Waals surface area contributed by atoms with E-state index in [4.69, 9.17) is 0 Å². The van der Waals surface area contributed by atoms with Crippen LogP contribution >= 0.6 is 0 Å². The van der Waals surface area contributed by atoms with Crippen LogP contribution < -0.4 is 0 Å². The first-order valence-corrected chi connectivity index (χ1v) is 9.61. The van der Waals surface area contributed by atoms with Crippen LogP contribution in [0.5, 0.6) is 0 Å². The Balaban J connectivity index is 1.91. The first-order chi connectivity index (χ1) is 8.92. The second kappa shape index (κ2) is 6.10. The first kappa shape index (κ1) is 15.3. The van der Waals surface area contributed by atoms with Crippen LogP contribution in [0.15, 0.2) is 0 Å². The molecule has 1 aliphatic carbocycles. The number of rotatable bonds is 5. The quantitative estimate of drug-likeness (QED) is 0.763. The van der Waals surface area contributed by atoms with Crippen LogP contribution in [0.1, 0.15) is 32.6 Å². The lowest BCUT2D eigenvalue weighted by molar-refractivity contribution is 0.0902. The van der Waals surface area contributed by atoms with Crippen molar-refractivity contribution >= 4 is 9.84 Å². The van der Waals surface area contributed by atoms with E-state index in [0.29, 0.717) is 5.75 Å². The van der Waals surface area contributed by atoms with Gasteiger partial charge in [-0.2, -0.15) is 0 Å². The van der Waals surface area contributed by atoms with Gasteiger partial charge in [-0.3, -0.25) is 0 Å². The molecule has 0 amide bonds. The van der Waals surface area contributed by atoms with Crippen LogP contribution in [-0.2, 0) is 9.84 Å². The Labute approximate surface area is 118 Å². The van der Waals surface area contributed by atoms with Gasteiger partial charge in [0.2, 0.25) is 0 Å². The van der Waals surface area contributed by atoms with Gasteiger partial charge in [-0.1, -0.05) is 13.3 Å². The van der Waals surface area contributed by atoms with E-state index in [0.717, 1.165) is 45.6 Å². The number of likely N-dealkylation sites (N-methyl/N-ethyl adjacent to an activating group) is 1. The summed E-state index contributed by atoms with van der Waals surface area (Å²) in [6.07, 6.45) is 5.98. The molecule has 19 heavy (non-hydrogen) atoms. The maximum absolute atomic E-state index is 11.6. The van der Waals surface area contributed by atoms with Crippen molar-refractivity contribution in [2.45, 2.75) is 32.6 Å². The van der Waals surface area contributed by atoms with Gasteiger partial charge in [0, 0.05) is 25.9 Å². The Bertz CT molecular complexity index is 390. The van der Waals surface area contributed by atoms with Crippen LogP contribution in [0.4, 0.5) is 0 Å². The van der Waals surface area contributed by atoms with E-state index in [9.17, 15) is 8.42 Å². The van der Waals surface area contributed by atoms with E-state index in [2.05, 4.69) is 16.7 Å². The van der Waals surface area contributed by atoms with Gasteiger partial charge in [0.05, 0.1) is 5.75 Å².